The second kappa shape index (κ2) is 4.55. The van der Waals surface area contributed by atoms with Gasteiger partial charge in [-0.25, -0.2) is 0 Å². The molecule has 1 aliphatic heterocycles. The minimum absolute atomic E-state index is 0.293. The van der Waals surface area contributed by atoms with Gasteiger partial charge in [-0.1, -0.05) is 32.1 Å². The van der Waals surface area contributed by atoms with Crippen molar-refractivity contribution in [3.05, 3.63) is 0 Å². The van der Waals surface area contributed by atoms with E-state index in [1.807, 2.05) is 0 Å². The van der Waals surface area contributed by atoms with Crippen LogP contribution in [-0.4, -0.2) is 35.7 Å². The van der Waals surface area contributed by atoms with Crippen LogP contribution in [0.15, 0.2) is 0 Å². The summed E-state index contributed by atoms with van der Waals surface area (Å²) in [5.41, 5.74) is -0.293. The largest absolute Gasteiger partial charge is 0.390 e. The summed E-state index contributed by atoms with van der Waals surface area (Å²) in [5, 5.41) is 10.8. The third-order valence-corrected chi connectivity index (χ3v) is 5.44. The summed E-state index contributed by atoms with van der Waals surface area (Å²) >= 11 is 0. The molecule has 2 nitrogen and oxygen atoms in total. The molecule has 0 aromatic rings. The van der Waals surface area contributed by atoms with E-state index in [1.165, 1.54) is 45.2 Å². The summed E-state index contributed by atoms with van der Waals surface area (Å²) in [5.74, 6) is 2.40. The molecular weight excluding hydrogens is 210 g/mol. The Labute approximate surface area is 105 Å². The smallest absolute Gasteiger partial charge is 0.0657 e. The van der Waals surface area contributed by atoms with Crippen LogP contribution in [0, 0.1) is 17.8 Å². The van der Waals surface area contributed by atoms with Crippen molar-refractivity contribution >= 4 is 0 Å². The van der Waals surface area contributed by atoms with Crippen LogP contribution in [-0.2, 0) is 0 Å². The van der Waals surface area contributed by atoms with Gasteiger partial charge >= 0.3 is 0 Å². The number of aliphatic hydroxyl groups is 1. The quantitative estimate of drug-likeness (QED) is 0.798. The lowest BCUT2D eigenvalue weighted by atomic mass is 9.79. The standard InChI is InChI=1S/C15H27NO/c1-16-10-13-8-15(17,9-14(13)11-16)7-12-5-3-2-4-6-12/h12-14,17H,2-11H2,1H3/t13-,14+,15?. The molecule has 2 saturated carbocycles. The van der Waals surface area contributed by atoms with E-state index in [9.17, 15) is 5.11 Å². The van der Waals surface area contributed by atoms with Crippen molar-refractivity contribution in [2.75, 3.05) is 20.1 Å². The Morgan fingerprint density at radius 2 is 1.65 bits per heavy atom. The average Bonchev–Trinajstić information content (AvgIpc) is 2.72. The molecule has 0 bridgehead atoms. The van der Waals surface area contributed by atoms with Crippen LogP contribution in [0.4, 0.5) is 0 Å². The van der Waals surface area contributed by atoms with Crippen molar-refractivity contribution in [1.82, 2.24) is 4.90 Å². The van der Waals surface area contributed by atoms with Crippen LogP contribution in [0.3, 0.4) is 0 Å². The first-order chi connectivity index (χ1) is 8.15. The van der Waals surface area contributed by atoms with Gasteiger partial charge in [-0.05, 0) is 44.1 Å². The number of nitrogens with zero attached hydrogens (tertiary/aromatic N) is 1. The second-order valence-corrected chi connectivity index (χ2v) is 7.08. The van der Waals surface area contributed by atoms with E-state index in [2.05, 4.69) is 11.9 Å². The van der Waals surface area contributed by atoms with Crippen LogP contribution in [0.2, 0.25) is 0 Å². The Morgan fingerprint density at radius 3 is 2.24 bits per heavy atom. The third-order valence-electron chi connectivity index (χ3n) is 5.44. The highest BCUT2D eigenvalue weighted by Gasteiger charge is 2.47. The zero-order valence-corrected chi connectivity index (χ0v) is 11.2. The molecule has 0 aromatic heterocycles. The Balaban J connectivity index is 1.56. The predicted molar refractivity (Wildman–Crippen MR) is 69.9 cm³/mol. The molecule has 1 N–H and O–H groups in total. The fourth-order valence-electron chi connectivity index (χ4n) is 4.79. The van der Waals surface area contributed by atoms with Crippen LogP contribution in [0.5, 0.6) is 0 Å². The summed E-state index contributed by atoms with van der Waals surface area (Å²) < 4.78 is 0. The van der Waals surface area contributed by atoms with Gasteiger partial charge in [0.05, 0.1) is 5.60 Å². The maximum absolute atomic E-state index is 10.8. The Morgan fingerprint density at radius 1 is 1.06 bits per heavy atom. The first-order valence-electron chi connectivity index (χ1n) is 7.56. The van der Waals surface area contributed by atoms with Crippen molar-refractivity contribution in [2.24, 2.45) is 17.8 Å². The minimum Gasteiger partial charge on any atom is -0.390 e. The van der Waals surface area contributed by atoms with E-state index >= 15 is 0 Å². The van der Waals surface area contributed by atoms with Crippen molar-refractivity contribution in [1.29, 1.82) is 0 Å². The summed E-state index contributed by atoms with van der Waals surface area (Å²) in [7, 11) is 2.22. The predicted octanol–water partition coefficient (Wildman–Crippen LogP) is 2.66. The lowest BCUT2D eigenvalue weighted by molar-refractivity contribution is 0.00674. The molecule has 1 saturated heterocycles. The number of hydrogen-bond donors (Lipinski definition) is 1. The Kier molecular flexibility index (Phi) is 3.20. The van der Waals surface area contributed by atoms with Crippen molar-refractivity contribution in [3.63, 3.8) is 0 Å². The van der Waals surface area contributed by atoms with E-state index in [-0.39, 0.29) is 5.60 Å². The molecule has 3 aliphatic rings. The highest BCUT2D eigenvalue weighted by molar-refractivity contribution is 5.00. The van der Waals surface area contributed by atoms with E-state index in [0.29, 0.717) is 0 Å². The zero-order valence-electron chi connectivity index (χ0n) is 11.2. The molecule has 17 heavy (non-hydrogen) atoms. The van der Waals surface area contributed by atoms with Gasteiger partial charge in [0.15, 0.2) is 0 Å². The first kappa shape index (κ1) is 12.0. The second-order valence-electron chi connectivity index (χ2n) is 7.08. The summed E-state index contributed by atoms with van der Waals surface area (Å²) in [4.78, 5) is 2.44. The highest BCUT2D eigenvalue weighted by atomic mass is 16.3. The topological polar surface area (TPSA) is 23.5 Å². The number of rotatable bonds is 2. The van der Waals surface area contributed by atoms with E-state index in [0.717, 1.165) is 37.0 Å². The van der Waals surface area contributed by atoms with Crippen LogP contribution < -0.4 is 0 Å². The molecule has 0 amide bonds. The van der Waals surface area contributed by atoms with Gasteiger partial charge in [0.2, 0.25) is 0 Å². The highest BCUT2D eigenvalue weighted by Crippen LogP contribution is 2.47. The molecule has 0 radical (unpaired) electrons. The summed E-state index contributed by atoms with van der Waals surface area (Å²) in [6.45, 7) is 2.44. The maximum atomic E-state index is 10.8. The SMILES string of the molecule is CN1C[C@@H]2CC(O)(CC3CCCCC3)C[C@@H]2C1. The molecule has 3 fully saturated rings. The molecular formula is C15H27NO. The Hall–Kier alpha value is -0.0800. The molecule has 1 heterocycles. The zero-order chi connectivity index (χ0) is 11.9. The van der Waals surface area contributed by atoms with Crippen LogP contribution >= 0.6 is 0 Å². The van der Waals surface area contributed by atoms with Crippen LogP contribution in [0.25, 0.3) is 0 Å². The van der Waals surface area contributed by atoms with Crippen molar-refractivity contribution in [2.45, 2.75) is 57.0 Å². The summed E-state index contributed by atoms with van der Waals surface area (Å²) in [6, 6.07) is 0. The van der Waals surface area contributed by atoms with Gasteiger partial charge in [-0.15, -0.1) is 0 Å². The lowest BCUT2D eigenvalue weighted by Gasteiger charge is -2.31. The molecule has 2 heteroatoms. The lowest BCUT2D eigenvalue weighted by Crippen LogP contribution is -2.31. The number of hydrogen-bond acceptors (Lipinski definition) is 2. The molecule has 1 unspecified atom stereocenters. The first-order valence-corrected chi connectivity index (χ1v) is 7.56. The molecule has 2 aliphatic carbocycles. The molecule has 98 valence electrons. The third kappa shape index (κ3) is 2.53. The minimum atomic E-state index is -0.293. The Bertz CT molecular complexity index is 258. The van der Waals surface area contributed by atoms with Crippen molar-refractivity contribution < 1.29 is 5.11 Å². The van der Waals surface area contributed by atoms with Gasteiger partial charge in [-0.3, -0.25) is 0 Å². The van der Waals surface area contributed by atoms with Crippen molar-refractivity contribution in [3.8, 4) is 0 Å². The van der Waals surface area contributed by atoms with E-state index < -0.39 is 0 Å². The normalized spacial score (nSPS) is 44.1. The van der Waals surface area contributed by atoms with Gasteiger partial charge in [0.1, 0.15) is 0 Å². The monoisotopic (exact) mass is 237 g/mol. The fourth-order valence-corrected chi connectivity index (χ4v) is 4.79. The fraction of sp³-hybridized carbons (Fsp3) is 1.00. The van der Waals surface area contributed by atoms with Crippen LogP contribution in [0.1, 0.15) is 51.4 Å². The summed E-state index contributed by atoms with van der Waals surface area (Å²) in [6.07, 6.45) is 10.2. The van der Waals surface area contributed by atoms with Gasteiger partial charge < -0.3 is 10.0 Å². The van der Waals surface area contributed by atoms with Gasteiger partial charge in [0, 0.05) is 13.1 Å². The number of likely N-dealkylation sites (tertiary alicyclic amines) is 1. The molecule has 0 spiro atoms. The molecule has 3 atom stereocenters. The average molecular weight is 237 g/mol. The van der Waals surface area contributed by atoms with E-state index in [4.69, 9.17) is 0 Å². The van der Waals surface area contributed by atoms with Gasteiger partial charge in [-0.2, -0.15) is 0 Å². The van der Waals surface area contributed by atoms with Gasteiger partial charge in [0.25, 0.3) is 0 Å². The van der Waals surface area contributed by atoms with E-state index in [1.54, 1.807) is 0 Å². The number of fused-ring (bicyclic) bond motifs is 1. The maximum Gasteiger partial charge on any atom is 0.0657 e. The molecule has 3 rings (SSSR count). The molecule has 0 aromatic carbocycles.